The lowest BCUT2D eigenvalue weighted by Crippen LogP contribution is -2.61. The van der Waals surface area contributed by atoms with Crippen LogP contribution in [0.4, 0.5) is 49.6 Å². The molecular formula is C11H4BrF10NO. The summed E-state index contributed by atoms with van der Waals surface area (Å²) in [5.74, 6) is -3.34. The van der Waals surface area contributed by atoms with Gasteiger partial charge in [0.2, 0.25) is 0 Å². The number of amides is 1. The highest BCUT2D eigenvalue weighted by Crippen LogP contribution is 2.47. The maximum Gasteiger partial charge on any atom is 0.441 e. The van der Waals surface area contributed by atoms with Gasteiger partial charge in [-0.3, -0.25) is 4.79 Å². The van der Waals surface area contributed by atoms with Crippen molar-refractivity contribution in [3.63, 3.8) is 0 Å². The molecule has 0 atom stereocenters. The van der Waals surface area contributed by atoms with Gasteiger partial charge in [-0.15, -0.1) is 0 Å². The summed E-state index contributed by atoms with van der Waals surface area (Å²) in [5.41, 5.74) is -9.61. The number of benzene rings is 1. The Bertz CT molecular complexity index is 619. The van der Waals surface area contributed by atoms with Crippen LogP contribution in [-0.2, 0) is 11.0 Å². The van der Waals surface area contributed by atoms with Gasteiger partial charge in [0.1, 0.15) is 0 Å². The minimum absolute atomic E-state index is 0.231. The summed E-state index contributed by atoms with van der Waals surface area (Å²) in [4.78, 5) is 11.2. The molecule has 0 aromatic heterocycles. The Labute approximate surface area is 134 Å². The molecule has 1 N–H and O–H groups in total. The zero-order chi connectivity index (χ0) is 19.1. The van der Waals surface area contributed by atoms with Gasteiger partial charge in [0, 0.05) is 4.47 Å². The lowest BCUT2D eigenvalue weighted by Gasteiger charge is -2.29. The number of hydrogen-bond donors (Lipinski definition) is 1. The number of carbonyl (C=O) groups is 1. The van der Waals surface area contributed by atoms with E-state index in [1.54, 1.807) is 0 Å². The second kappa shape index (κ2) is 6.08. The van der Waals surface area contributed by atoms with Gasteiger partial charge in [0.05, 0.1) is 11.3 Å². The summed E-state index contributed by atoms with van der Waals surface area (Å²) in [7, 11) is 0. The highest BCUT2D eigenvalue weighted by atomic mass is 79.9. The van der Waals surface area contributed by atoms with E-state index in [4.69, 9.17) is 0 Å². The number of halogens is 11. The third kappa shape index (κ3) is 3.75. The number of rotatable bonds is 2. The van der Waals surface area contributed by atoms with Crippen molar-refractivity contribution in [2.75, 3.05) is 5.32 Å². The SMILES string of the molecule is O=C(Nc1ccc(Br)cc1C(F)(F)F)C(F)(C(F)(F)F)C(F)(F)F. The molecule has 0 heterocycles. The molecule has 24 heavy (non-hydrogen) atoms. The van der Waals surface area contributed by atoms with Crippen molar-refractivity contribution >= 4 is 27.5 Å². The fourth-order valence-corrected chi connectivity index (χ4v) is 1.85. The maximum atomic E-state index is 13.4. The van der Waals surface area contributed by atoms with Crippen LogP contribution in [-0.4, -0.2) is 23.9 Å². The van der Waals surface area contributed by atoms with Crippen LogP contribution < -0.4 is 5.32 Å². The summed E-state index contributed by atoms with van der Waals surface area (Å²) in [6, 6.07) is 1.46. The molecule has 0 unspecified atom stereocenters. The first kappa shape index (κ1) is 20.5. The van der Waals surface area contributed by atoms with E-state index in [0.717, 1.165) is 6.07 Å². The van der Waals surface area contributed by atoms with Crippen LogP contribution in [0.15, 0.2) is 22.7 Å². The molecule has 13 heteroatoms. The monoisotopic (exact) mass is 435 g/mol. The van der Waals surface area contributed by atoms with Crippen molar-refractivity contribution < 1.29 is 48.7 Å². The number of hydrogen-bond acceptors (Lipinski definition) is 1. The molecular weight excluding hydrogens is 432 g/mol. The Morgan fingerprint density at radius 1 is 0.875 bits per heavy atom. The lowest BCUT2D eigenvalue weighted by molar-refractivity contribution is -0.324. The number of nitrogens with one attached hydrogen (secondary N) is 1. The minimum atomic E-state index is -6.73. The van der Waals surface area contributed by atoms with Crippen LogP contribution in [0.3, 0.4) is 0 Å². The Morgan fingerprint density at radius 3 is 1.71 bits per heavy atom. The zero-order valence-corrected chi connectivity index (χ0v) is 12.4. The van der Waals surface area contributed by atoms with E-state index >= 15 is 0 Å². The first-order valence-electron chi connectivity index (χ1n) is 5.52. The average Bonchev–Trinajstić information content (AvgIpc) is 2.35. The number of carbonyl (C=O) groups excluding carboxylic acids is 1. The summed E-state index contributed by atoms with van der Waals surface area (Å²) in [5, 5.41) is 0.703. The van der Waals surface area contributed by atoms with Crippen LogP contribution in [0.5, 0.6) is 0 Å². The van der Waals surface area contributed by atoms with Crippen LogP contribution in [0.2, 0.25) is 0 Å². The molecule has 0 saturated carbocycles. The molecule has 2 nitrogen and oxygen atoms in total. The Morgan fingerprint density at radius 2 is 1.33 bits per heavy atom. The van der Waals surface area contributed by atoms with Crippen LogP contribution in [0.1, 0.15) is 5.56 Å². The molecule has 136 valence electrons. The van der Waals surface area contributed by atoms with Gasteiger partial charge >= 0.3 is 24.2 Å². The van der Waals surface area contributed by atoms with Crippen LogP contribution in [0, 0.1) is 0 Å². The van der Waals surface area contributed by atoms with Gasteiger partial charge in [-0.2, -0.15) is 39.5 Å². The van der Waals surface area contributed by atoms with Gasteiger partial charge < -0.3 is 5.32 Å². The van der Waals surface area contributed by atoms with E-state index < -0.39 is 41.4 Å². The van der Waals surface area contributed by atoms with Gasteiger partial charge in [-0.05, 0) is 18.2 Å². The summed E-state index contributed by atoms with van der Waals surface area (Å²) in [6.45, 7) is 0. The minimum Gasteiger partial charge on any atom is -0.322 e. The van der Waals surface area contributed by atoms with Crippen molar-refractivity contribution in [1.82, 2.24) is 0 Å². The molecule has 0 aliphatic heterocycles. The smallest absolute Gasteiger partial charge is 0.322 e. The fraction of sp³-hybridized carbons (Fsp3) is 0.364. The molecule has 0 saturated heterocycles. The Kier molecular flexibility index (Phi) is 5.20. The quantitative estimate of drug-likeness (QED) is 0.632. The van der Waals surface area contributed by atoms with Crippen molar-refractivity contribution in [1.29, 1.82) is 0 Å². The molecule has 1 aromatic rings. The Hall–Kier alpha value is -1.53. The fourth-order valence-electron chi connectivity index (χ4n) is 1.49. The molecule has 0 fully saturated rings. The molecule has 0 spiro atoms. The molecule has 0 bridgehead atoms. The van der Waals surface area contributed by atoms with E-state index in [1.807, 2.05) is 0 Å². The van der Waals surface area contributed by atoms with Gasteiger partial charge in [0.15, 0.2) is 0 Å². The molecule has 0 radical (unpaired) electrons. The van der Waals surface area contributed by atoms with E-state index in [1.165, 1.54) is 0 Å². The maximum absolute atomic E-state index is 13.4. The third-order valence-corrected chi connectivity index (χ3v) is 3.12. The summed E-state index contributed by atoms with van der Waals surface area (Å²) in [6.07, 6.45) is -18.7. The Balaban J connectivity index is 3.38. The highest BCUT2D eigenvalue weighted by molar-refractivity contribution is 9.10. The van der Waals surface area contributed by atoms with Crippen molar-refractivity contribution in [2.24, 2.45) is 0 Å². The second-order valence-corrected chi connectivity index (χ2v) is 5.21. The molecule has 1 amide bonds. The summed E-state index contributed by atoms with van der Waals surface area (Å²) >= 11 is 2.61. The van der Waals surface area contributed by atoms with Crippen LogP contribution in [0.25, 0.3) is 0 Å². The van der Waals surface area contributed by atoms with Crippen molar-refractivity contribution in [3.8, 4) is 0 Å². The van der Waals surface area contributed by atoms with Gasteiger partial charge in [-0.25, -0.2) is 4.39 Å². The highest BCUT2D eigenvalue weighted by Gasteiger charge is 2.77. The standard InChI is InChI=1S/C11H4BrF10NO/c12-4-1-2-6(5(3-4)9(14,15)16)23-7(24)8(13,10(17,18)19)11(20,21)22/h1-3H,(H,23,24). The van der Waals surface area contributed by atoms with Gasteiger partial charge in [-0.1, -0.05) is 15.9 Å². The third-order valence-electron chi connectivity index (χ3n) is 2.63. The lowest BCUT2D eigenvalue weighted by atomic mass is 10.0. The van der Waals surface area contributed by atoms with Crippen molar-refractivity contribution in [3.05, 3.63) is 28.2 Å². The predicted molar refractivity (Wildman–Crippen MR) is 63.7 cm³/mol. The normalized spacial score (nSPS) is 13.8. The topological polar surface area (TPSA) is 29.1 Å². The zero-order valence-electron chi connectivity index (χ0n) is 10.8. The van der Waals surface area contributed by atoms with E-state index in [-0.39, 0.29) is 10.5 Å². The molecule has 1 aromatic carbocycles. The van der Waals surface area contributed by atoms with E-state index in [0.29, 0.717) is 11.4 Å². The van der Waals surface area contributed by atoms with Gasteiger partial charge in [0.25, 0.3) is 5.91 Å². The van der Waals surface area contributed by atoms with E-state index in [2.05, 4.69) is 15.9 Å². The predicted octanol–water partition coefficient (Wildman–Crippen LogP) is 5.24. The second-order valence-electron chi connectivity index (χ2n) is 4.30. The largest absolute Gasteiger partial charge is 0.441 e. The number of alkyl halides is 10. The summed E-state index contributed by atoms with van der Waals surface area (Å²) < 4.78 is 126. The molecule has 0 aliphatic rings. The first-order valence-corrected chi connectivity index (χ1v) is 6.31. The first-order chi connectivity index (χ1) is 10.5. The van der Waals surface area contributed by atoms with Crippen molar-refractivity contribution in [2.45, 2.75) is 24.2 Å². The van der Waals surface area contributed by atoms with Crippen LogP contribution >= 0.6 is 15.9 Å². The molecule has 0 aliphatic carbocycles. The van der Waals surface area contributed by atoms with E-state index in [9.17, 15) is 48.7 Å². The number of anilines is 1. The molecule has 1 rings (SSSR count). The average molecular weight is 436 g/mol.